The number of azo groups is 1. The highest BCUT2D eigenvalue weighted by molar-refractivity contribution is 7.85. The zero-order valence-electron chi connectivity index (χ0n) is 22.0. The van der Waals surface area contributed by atoms with Crippen LogP contribution in [0.1, 0.15) is 61.9 Å². The largest absolute Gasteiger partial charge is 0.352 e. The molecular weight excluding hydrogens is 526 g/mol. The minimum Gasteiger partial charge on any atom is -0.352 e. The molecule has 13 nitrogen and oxygen atoms in total. The van der Waals surface area contributed by atoms with Gasteiger partial charge >= 0.3 is 0 Å². The van der Waals surface area contributed by atoms with Crippen molar-refractivity contribution in [1.29, 1.82) is 0 Å². The summed E-state index contributed by atoms with van der Waals surface area (Å²) < 4.78 is 32.1. The Kier molecular flexibility index (Phi) is 12.6. The molecule has 0 aliphatic rings. The number of hydrazine groups is 1. The molecule has 6 N–H and O–H groups in total. The smallest absolute Gasteiger partial charge is 0.294 e. The van der Waals surface area contributed by atoms with E-state index in [4.69, 9.17) is 5.73 Å². The van der Waals surface area contributed by atoms with Crippen molar-refractivity contribution >= 4 is 33.7 Å². The molecule has 0 bridgehead atoms. The summed E-state index contributed by atoms with van der Waals surface area (Å²) in [4.78, 5) is 39.8. The summed E-state index contributed by atoms with van der Waals surface area (Å²) in [6.45, 7) is 4.24. The summed E-state index contributed by atoms with van der Waals surface area (Å²) in [5.74, 6) is -0.548. The highest BCUT2D eigenvalue weighted by Crippen LogP contribution is 2.17. The van der Waals surface area contributed by atoms with Gasteiger partial charge in [-0.2, -0.15) is 13.5 Å². The Morgan fingerprint density at radius 2 is 1.79 bits per heavy atom. The molecule has 0 radical (unpaired) electrons. The van der Waals surface area contributed by atoms with Crippen LogP contribution in [0.4, 0.5) is 5.82 Å². The van der Waals surface area contributed by atoms with Crippen LogP contribution >= 0.6 is 0 Å². The van der Waals surface area contributed by atoms with Crippen molar-refractivity contribution in [2.24, 2.45) is 21.9 Å². The Morgan fingerprint density at radius 1 is 1.05 bits per heavy atom. The number of hydrogen-bond donors (Lipinski definition) is 5. The van der Waals surface area contributed by atoms with E-state index in [1.54, 1.807) is 6.07 Å². The van der Waals surface area contributed by atoms with Crippen LogP contribution in [0.2, 0.25) is 0 Å². The monoisotopic (exact) mass is 561 g/mol. The zero-order valence-corrected chi connectivity index (χ0v) is 22.8. The molecule has 2 rings (SSSR count). The van der Waals surface area contributed by atoms with E-state index < -0.39 is 22.1 Å². The number of amides is 3. The quantitative estimate of drug-likeness (QED) is 0.0999. The molecule has 0 saturated heterocycles. The fourth-order valence-electron chi connectivity index (χ4n) is 3.44. The average Bonchev–Trinajstić information content (AvgIpc) is 2.88. The molecule has 0 unspecified atom stereocenters. The lowest BCUT2D eigenvalue weighted by Crippen LogP contribution is -2.49. The van der Waals surface area contributed by atoms with Crippen molar-refractivity contribution in [3.05, 3.63) is 53.7 Å². The first-order chi connectivity index (χ1) is 18.5. The van der Waals surface area contributed by atoms with Gasteiger partial charge < -0.3 is 11.1 Å². The molecule has 2 aromatic rings. The maximum absolute atomic E-state index is 12.3. The summed E-state index contributed by atoms with van der Waals surface area (Å²) in [6, 6.07) is 8.27. The first-order valence-corrected chi connectivity index (χ1v) is 13.9. The Bertz CT molecular complexity index is 1250. The van der Waals surface area contributed by atoms with E-state index in [0.717, 1.165) is 0 Å². The third kappa shape index (κ3) is 11.7. The molecule has 14 heteroatoms. The van der Waals surface area contributed by atoms with Gasteiger partial charge in [-0.25, -0.2) is 4.98 Å². The van der Waals surface area contributed by atoms with Crippen molar-refractivity contribution in [2.45, 2.75) is 63.4 Å². The Labute approximate surface area is 227 Å². The van der Waals surface area contributed by atoms with E-state index in [1.165, 1.54) is 36.5 Å². The SMILES string of the molecule is CC(C)C[C@@H](N)C(=O)NNC(=O)CCCCCNC(=O)c1ccc(N=NCc2ccccc2S(=O)(=O)O)nc1. The van der Waals surface area contributed by atoms with E-state index in [2.05, 4.69) is 31.4 Å². The molecule has 0 spiro atoms. The topological polar surface area (TPSA) is 205 Å². The Morgan fingerprint density at radius 3 is 2.46 bits per heavy atom. The van der Waals surface area contributed by atoms with Gasteiger partial charge in [0.25, 0.3) is 21.9 Å². The highest BCUT2D eigenvalue weighted by Gasteiger charge is 2.16. The number of benzene rings is 1. The molecule has 0 aliphatic heterocycles. The van der Waals surface area contributed by atoms with Gasteiger partial charge in [-0.05, 0) is 48.9 Å². The molecular formula is C25H35N7O6S. The van der Waals surface area contributed by atoms with Crippen LogP contribution in [-0.4, -0.2) is 48.3 Å². The summed E-state index contributed by atoms with van der Waals surface area (Å²) in [7, 11) is -4.37. The van der Waals surface area contributed by atoms with Crippen LogP contribution in [0, 0.1) is 5.92 Å². The minimum absolute atomic E-state index is 0.0807. The van der Waals surface area contributed by atoms with Gasteiger partial charge in [0.05, 0.1) is 23.0 Å². The zero-order chi connectivity index (χ0) is 28.8. The molecule has 0 fully saturated rings. The molecule has 1 heterocycles. The van der Waals surface area contributed by atoms with Crippen LogP contribution in [0.15, 0.2) is 57.7 Å². The standard InChI is InChI=1S/C25H35N7O6S/c1-17(2)14-20(26)25(35)32-31-23(33)10-4-3-7-13-27-24(34)19-11-12-22(28-15-19)30-29-16-18-8-5-6-9-21(18)39(36,37)38/h5-6,8-9,11-12,15,17,20H,3-4,7,10,13-14,16,26H2,1-2H3,(H,27,34)(H,31,33)(H,32,35)(H,36,37,38)/t20-/m1/s1. The number of carbonyl (C=O) groups is 3. The molecule has 3 amide bonds. The average molecular weight is 562 g/mol. The van der Waals surface area contributed by atoms with Gasteiger partial charge in [-0.3, -0.25) is 29.8 Å². The van der Waals surface area contributed by atoms with Gasteiger partial charge in [-0.1, -0.05) is 38.5 Å². The molecule has 1 atom stereocenters. The highest BCUT2D eigenvalue weighted by atomic mass is 32.2. The summed E-state index contributed by atoms with van der Waals surface area (Å²) in [5, 5.41) is 10.6. The summed E-state index contributed by atoms with van der Waals surface area (Å²) in [6.07, 6.45) is 4.06. The van der Waals surface area contributed by atoms with Crippen molar-refractivity contribution < 1.29 is 27.4 Å². The Balaban J connectivity index is 1.66. The fourth-order valence-corrected chi connectivity index (χ4v) is 4.16. The normalized spacial score (nSPS) is 12.3. The number of nitrogens with one attached hydrogen (secondary N) is 3. The van der Waals surface area contributed by atoms with Crippen LogP contribution < -0.4 is 21.9 Å². The number of unbranched alkanes of at least 4 members (excludes halogenated alkanes) is 2. The second-order valence-corrected chi connectivity index (χ2v) is 10.6. The first kappa shape index (κ1) is 31.5. The van der Waals surface area contributed by atoms with E-state index in [9.17, 15) is 27.4 Å². The molecule has 0 aliphatic carbocycles. The Hall–Kier alpha value is -3.75. The van der Waals surface area contributed by atoms with Crippen LogP contribution in [-0.2, 0) is 26.3 Å². The van der Waals surface area contributed by atoms with Crippen molar-refractivity contribution in [1.82, 2.24) is 21.2 Å². The van der Waals surface area contributed by atoms with E-state index in [-0.39, 0.29) is 47.0 Å². The van der Waals surface area contributed by atoms with Gasteiger partial charge in [0.15, 0.2) is 5.82 Å². The maximum atomic E-state index is 12.3. The van der Waals surface area contributed by atoms with Crippen molar-refractivity contribution in [3.63, 3.8) is 0 Å². The molecule has 39 heavy (non-hydrogen) atoms. The molecule has 212 valence electrons. The fraction of sp³-hybridized carbons (Fsp3) is 0.440. The van der Waals surface area contributed by atoms with E-state index in [0.29, 0.717) is 37.8 Å². The number of carbonyl (C=O) groups excluding carboxylic acids is 3. The van der Waals surface area contributed by atoms with Crippen molar-refractivity contribution in [3.8, 4) is 0 Å². The van der Waals surface area contributed by atoms with Gasteiger partial charge in [0.1, 0.15) is 0 Å². The lowest BCUT2D eigenvalue weighted by Gasteiger charge is -2.14. The minimum atomic E-state index is -4.37. The maximum Gasteiger partial charge on any atom is 0.294 e. The van der Waals surface area contributed by atoms with E-state index in [1.807, 2.05) is 13.8 Å². The molecule has 1 aromatic carbocycles. The predicted octanol–water partition coefficient (Wildman–Crippen LogP) is 2.42. The summed E-state index contributed by atoms with van der Waals surface area (Å²) in [5.41, 5.74) is 11.1. The van der Waals surface area contributed by atoms with Crippen LogP contribution in [0.3, 0.4) is 0 Å². The third-order valence-electron chi connectivity index (χ3n) is 5.43. The second kappa shape index (κ2) is 15.6. The molecule has 0 saturated carbocycles. The number of nitrogens with two attached hydrogens (primary N) is 1. The van der Waals surface area contributed by atoms with Crippen LogP contribution in [0.25, 0.3) is 0 Å². The second-order valence-electron chi connectivity index (χ2n) is 9.23. The third-order valence-corrected chi connectivity index (χ3v) is 6.38. The number of rotatable bonds is 14. The van der Waals surface area contributed by atoms with Gasteiger partial charge in [0.2, 0.25) is 5.91 Å². The lowest BCUT2D eigenvalue weighted by molar-refractivity contribution is -0.129. The van der Waals surface area contributed by atoms with Gasteiger partial charge in [0, 0.05) is 19.2 Å². The number of hydrogen-bond acceptors (Lipinski definition) is 9. The van der Waals surface area contributed by atoms with Crippen LogP contribution in [0.5, 0.6) is 0 Å². The van der Waals surface area contributed by atoms with Crippen molar-refractivity contribution in [2.75, 3.05) is 6.54 Å². The number of aromatic nitrogens is 1. The summed E-state index contributed by atoms with van der Waals surface area (Å²) >= 11 is 0. The molecule has 1 aromatic heterocycles. The first-order valence-electron chi connectivity index (χ1n) is 12.5. The van der Waals surface area contributed by atoms with E-state index >= 15 is 0 Å². The number of nitrogens with zero attached hydrogens (tertiary/aromatic N) is 3. The lowest BCUT2D eigenvalue weighted by atomic mass is 10.0. The predicted molar refractivity (Wildman–Crippen MR) is 143 cm³/mol. The number of pyridine rings is 1. The van der Waals surface area contributed by atoms with Gasteiger partial charge in [-0.15, -0.1) is 5.11 Å².